The number of nitrogens with two attached hydrogens (primary N) is 1. The van der Waals surface area contributed by atoms with Crippen molar-refractivity contribution in [3.8, 4) is 0 Å². The van der Waals surface area contributed by atoms with Gasteiger partial charge in [0.05, 0.1) is 20.5 Å². The normalized spacial score (nSPS) is 19.3. The van der Waals surface area contributed by atoms with Crippen LogP contribution in [0.3, 0.4) is 0 Å². The van der Waals surface area contributed by atoms with Gasteiger partial charge in [0.2, 0.25) is 5.76 Å². The van der Waals surface area contributed by atoms with Gasteiger partial charge in [0, 0.05) is 7.11 Å². The number of aromatic nitrogens is 4. The summed E-state index contributed by atoms with van der Waals surface area (Å²) in [6.07, 6.45) is 3.63. The van der Waals surface area contributed by atoms with Gasteiger partial charge < -0.3 is 29.4 Å². The standard InChI is InChI=1S/C14H16N5O7P/c1-23-10-7(26-14(20)11(10)24-2)4-8(27(21,22)25-3)19-6-18-9-12(15)16-5-17-13(9)19/h4-6,8H,1-3H3,(H,21,22)(H2,15,16,17)/b7-4-. The van der Waals surface area contributed by atoms with E-state index in [-0.39, 0.29) is 34.3 Å². The fraction of sp³-hybridized carbons (Fsp3) is 0.286. The Morgan fingerprint density at radius 2 is 1.96 bits per heavy atom. The topological polar surface area (TPSA) is 161 Å². The van der Waals surface area contributed by atoms with E-state index in [4.69, 9.17) is 24.5 Å². The molecule has 0 aromatic carbocycles. The molecule has 13 heteroatoms. The van der Waals surface area contributed by atoms with Gasteiger partial charge in [-0.05, 0) is 6.08 Å². The summed E-state index contributed by atoms with van der Waals surface area (Å²) in [5.41, 5.74) is 6.18. The lowest BCUT2D eigenvalue weighted by atomic mass is 10.3. The van der Waals surface area contributed by atoms with Crippen molar-refractivity contribution in [3.05, 3.63) is 36.0 Å². The number of cyclic esters (lactones) is 1. The minimum absolute atomic E-state index is 0.0258. The van der Waals surface area contributed by atoms with E-state index in [0.717, 1.165) is 7.11 Å². The highest BCUT2D eigenvalue weighted by Gasteiger charge is 2.38. The maximum Gasteiger partial charge on any atom is 0.383 e. The number of nitrogen functional groups attached to an aromatic ring is 1. The second kappa shape index (κ2) is 6.99. The fourth-order valence-electron chi connectivity index (χ4n) is 2.51. The van der Waals surface area contributed by atoms with Crippen LogP contribution in [-0.4, -0.2) is 51.7 Å². The Morgan fingerprint density at radius 1 is 1.26 bits per heavy atom. The van der Waals surface area contributed by atoms with Crippen LogP contribution in [0.15, 0.2) is 36.0 Å². The van der Waals surface area contributed by atoms with Gasteiger partial charge in [0.1, 0.15) is 11.8 Å². The van der Waals surface area contributed by atoms with Crippen molar-refractivity contribution in [1.29, 1.82) is 0 Å². The molecule has 144 valence electrons. The molecule has 1 aliphatic heterocycles. The third-order valence-corrected chi connectivity index (χ3v) is 5.38. The largest absolute Gasteiger partial charge is 0.490 e. The molecule has 0 fully saturated rings. The minimum atomic E-state index is -4.29. The number of ether oxygens (including phenoxy) is 3. The number of methoxy groups -OCH3 is 2. The van der Waals surface area contributed by atoms with Crippen molar-refractivity contribution in [2.45, 2.75) is 5.78 Å². The predicted octanol–water partition coefficient (Wildman–Crippen LogP) is 0.684. The second-order valence-electron chi connectivity index (χ2n) is 5.23. The van der Waals surface area contributed by atoms with Crippen molar-refractivity contribution in [3.63, 3.8) is 0 Å². The van der Waals surface area contributed by atoms with E-state index < -0.39 is 19.3 Å². The Bertz CT molecular complexity index is 1010. The highest BCUT2D eigenvalue weighted by atomic mass is 31.2. The zero-order chi connectivity index (χ0) is 19.8. The molecule has 0 amide bonds. The van der Waals surface area contributed by atoms with Crippen LogP contribution in [0.2, 0.25) is 0 Å². The Morgan fingerprint density at radius 3 is 2.59 bits per heavy atom. The lowest BCUT2D eigenvalue weighted by molar-refractivity contribution is -0.136. The monoisotopic (exact) mass is 397 g/mol. The van der Waals surface area contributed by atoms with Crippen LogP contribution in [-0.2, 0) is 28.1 Å². The number of imidazole rings is 1. The van der Waals surface area contributed by atoms with Crippen LogP contribution in [0, 0.1) is 0 Å². The molecule has 2 unspecified atom stereocenters. The van der Waals surface area contributed by atoms with E-state index in [2.05, 4.69) is 15.0 Å². The third kappa shape index (κ3) is 3.14. The van der Waals surface area contributed by atoms with Crippen molar-refractivity contribution < 1.29 is 33.0 Å². The summed E-state index contributed by atoms with van der Waals surface area (Å²) in [7, 11) is -0.652. The number of fused-ring (bicyclic) bond motifs is 1. The number of esters is 1. The molecular formula is C14H16N5O7P. The first-order valence-electron chi connectivity index (χ1n) is 7.41. The maximum atomic E-state index is 12.7. The SMILES string of the molecule is COC1=C(OC)/C(=C/C(n2cnc3c(N)ncnc32)P(=O)(O)OC)OC1=O. The Hall–Kier alpha value is -2.95. The number of anilines is 1. The number of hydrogen-bond acceptors (Lipinski definition) is 10. The zero-order valence-corrected chi connectivity index (χ0v) is 15.4. The summed E-state index contributed by atoms with van der Waals surface area (Å²) in [4.78, 5) is 34.1. The molecule has 2 aromatic heterocycles. The van der Waals surface area contributed by atoms with Gasteiger partial charge >= 0.3 is 13.6 Å². The zero-order valence-electron chi connectivity index (χ0n) is 14.5. The molecular weight excluding hydrogens is 381 g/mol. The third-order valence-electron chi connectivity index (χ3n) is 3.79. The molecule has 2 atom stereocenters. The van der Waals surface area contributed by atoms with E-state index in [1.54, 1.807) is 0 Å². The van der Waals surface area contributed by atoms with E-state index in [0.29, 0.717) is 0 Å². The molecule has 0 spiro atoms. The first kappa shape index (κ1) is 18.8. The number of carbonyl (C=O) groups excluding carboxylic acids is 1. The van der Waals surface area contributed by atoms with Gasteiger partial charge in [-0.15, -0.1) is 0 Å². The average Bonchev–Trinajstić information content (AvgIpc) is 3.20. The van der Waals surface area contributed by atoms with Gasteiger partial charge in [-0.25, -0.2) is 19.7 Å². The molecule has 0 saturated carbocycles. The lowest BCUT2D eigenvalue weighted by Crippen LogP contribution is -2.10. The quantitative estimate of drug-likeness (QED) is 0.521. The van der Waals surface area contributed by atoms with Crippen molar-refractivity contribution in [2.24, 2.45) is 0 Å². The predicted molar refractivity (Wildman–Crippen MR) is 90.8 cm³/mol. The highest BCUT2D eigenvalue weighted by molar-refractivity contribution is 7.53. The Balaban J connectivity index is 2.19. The summed E-state index contributed by atoms with van der Waals surface area (Å²) in [5, 5.41) is 0. The molecule has 1 aliphatic rings. The van der Waals surface area contributed by atoms with Crippen LogP contribution in [0.5, 0.6) is 0 Å². The number of allylic oxidation sites excluding steroid dienone is 1. The molecule has 0 bridgehead atoms. The second-order valence-corrected chi connectivity index (χ2v) is 7.25. The van der Waals surface area contributed by atoms with Crippen molar-refractivity contribution in [2.75, 3.05) is 27.1 Å². The summed E-state index contributed by atoms with van der Waals surface area (Å²) >= 11 is 0. The van der Waals surface area contributed by atoms with Crippen LogP contribution in [0.1, 0.15) is 5.78 Å². The molecule has 3 heterocycles. The van der Waals surface area contributed by atoms with E-state index in [1.165, 1.54) is 37.5 Å². The van der Waals surface area contributed by atoms with E-state index >= 15 is 0 Å². The van der Waals surface area contributed by atoms with Crippen LogP contribution >= 0.6 is 7.60 Å². The first-order valence-corrected chi connectivity index (χ1v) is 9.06. The number of rotatable bonds is 6. The van der Waals surface area contributed by atoms with Crippen molar-refractivity contribution >= 4 is 30.5 Å². The molecule has 27 heavy (non-hydrogen) atoms. The summed E-state index contributed by atoms with van der Waals surface area (Å²) in [6, 6.07) is 0. The molecule has 3 N–H and O–H groups in total. The molecule has 12 nitrogen and oxygen atoms in total. The molecule has 3 rings (SSSR count). The van der Waals surface area contributed by atoms with Crippen molar-refractivity contribution in [1.82, 2.24) is 19.5 Å². The average molecular weight is 397 g/mol. The molecule has 0 saturated heterocycles. The van der Waals surface area contributed by atoms with Crippen LogP contribution in [0.4, 0.5) is 5.82 Å². The Kier molecular flexibility index (Phi) is 4.87. The van der Waals surface area contributed by atoms with Gasteiger partial charge in [-0.3, -0.25) is 9.13 Å². The smallest absolute Gasteiger partial charge is 0.383 e. The molecule has 2 aromatic rings. The van der Waals surface area contributed by atoms with E-state index in [9.17, 15) is 14.3 Å². The Labute approximate surface area is 152 Å². The van der Waals surface area contributed by atoms with Gasteiger partial charge in [-0.1, -0.05) is 0 Å². The number of nitrogens with zero attached hydrogens (tertiary/aromatic N) is 4. The summed E-state index contributed by atoms with van der Waals surface area (Å²) in [5.74, 6) is -2.37. The maximum absolute atomic E-state index is 12.7. The van der Waals surface area contributed by atoms with Gasteiger partial charge in [-0.2, -0.15) is 0 Å². The van der Waals surface area contributed by atoms with Gasteiger partial charge in [0.25, 0.3) is 5.76 Å². The summed E-state index contributed by atoms with van der Waals surface area (Å²) in [6.45, 7) is 0. The minimum Gasteiger partial charge on any atom is -0.490 e. The first-order chi connectivity index (χ1) is 12.8. The summed E-state index contributed by atoms with van der Waals surface area (Å²) < 4.78 is 33.9. The van der Waals surface area contributed by atoms with Crippen LogP contribution < -0.4 is 5.73 Å². The fourth-order valence-corrected chi connectivity index (χ4v) is 3.54. The number of carbonyl (C=O) groups is 1. The highest BCUT2D eigenvalue weighted by Crippen LogP contribution is 2.55. The number of hydrogen-bond donors (Lipinski definition) is 2. The molecule has 0 aliphatic carbocycles. The molecule has 0 radical (unpaired) electrons. The van der Waals surface area contributed by atoms with Crippen LogP contribution in [0.25, 0.3) is 11.2 Å². The van der Waals surface area contributed by atoms with E-state index in [1.807, 2.05) is 0 Å². The lowest BCUT2D eigenvalue weighted by Gasteiger charge is -2.20. The van der Waals surface area contributed by atoms with Gasteiger partial charge in [0.15, 0.2) is 23.0 Å².